The van der Waals surface area contributed by atoms with E-state index in [1.54, 1.807) is 18.7 Å². The van der Waals surface area contributed by atoms with Crippen LogP contribution in [0.4, 0.5) is 11.6 Å². The normalized spacial score (nSPS) is 11.3. The third-order valence-electron chi connectivity index (χ3n) is 5.03. The van der Waals surface area contributed by atoms with Crippen molar-refractivity contribution in [3.05, 3.63) is 77.5 Å². The summed E-state index contributed by atoms with van der Waals surface area (Å²) in [5, 5.41) is 4.09. The minimum Gasteiger partial charge on any atom is -0.382 e. The topological polar surface area (TPSA) is 94.0 Å². The molecule has 0 atom stereocenters. The molecule has 0 unspecified atom stereocenters. The lowest BCUT2D eigenvalue weighted by Gasteiger charge is -2.16. The number of nitrogens with zero attached hydrogens (tertiary/aromatic N) is 5. The van der Waals surface area contributed by atoms with Gasteiger partial charge in [-0.25, -0.2) is 15.0 Å². The zero-order chi connectivity index (χ0) is 20.7. The molecule has 1 aromatic carbocycles. The van der Waals surface area contributed by atoms with E-state index in [1.165, 1.54) is 0 Å². The fraction of sp³-hybridized carbons (Fsp3) is 0.0909. The highest BCUT2D eigenvalue weighted by Crippen LogP contribution is 2.37. The molecule has 0 amide bonds. The van der Waals surface area contributed by atoms with E-state index in [0.717, 1.165) is 27.8 Å². The first kappa shape index (κ1) is 18.3. The van der Waals surface area contributed by atoms with Crippen LogP contribution < -0.4 is 11.1 Å². The summed E-state index contributed by atoms with van der Waals surface area (Å²) in [7, 11) is 0. The molecular formula is C22H18ClN7. The first-order valence-corrected chi connectivity index (χ1v) is 9.80. The molecule has 8 heteroatoms. The number of aromatic nitrogens is 5. The van der Waals surface area contributed by atoms with Crippen molar-refractivity contribution in [3.63, 3.8) is 0 Å². The number of nitrogens with two attached hydrogens (primary N) is 1. The quantitative estimate of drug-likeness (QED) is 0.449. The number of benzene rings is 1. The Balaban J connectivity index is 1.74. The van der Waals surface area contributed by atoms with Crippen LogP contribution >= 0.6 is 11.6 Å². The maximum Gasteiger partial charge on any atom is 0.167 e. The van der Waals surface area contributed by atoms with Crippen molar-refractivity contribution in [1.82, 2.24) is 24.3 Å². The fourth-order valence-corrected chi connectivity index (χ4v) is 3.90. The average Bonchev–Trinajstić information content (AvgIpc) is 3.24. The van der Waals surface area contributed by atoms with Crippen LogP contribution in [0, 0.1) is 6.92 Å². The monoisotopic (exact) mass is 415 g/mol. The van der Waals surface area contributed by atoms with E-state index in [0.29, 0.717) is 34.4 Å². The lowest BCUT2D eigenvalue weighted by atomic mass is 10.0. The number of pyridine rings is 2. The van der Waals surface area contributed by atoms with Crippen molar-refractivity contribution >= 4 is 39.9 Å². The summed E-state index contributed by atoms with van der Waals surface area (Å²) in [6.07, 6.45) is 6.94. The Morgan fingerprint density at radius 2 is 2.00 bits per heavy atom. The minimum absolute atomic E-state index is 0.402. The number of nitrogen functional groups attached to an aromatic ring is 1. The SMILES string of the molecule is Cc1cccc(Cl)c1-c1cc2nc(N)c3cncn3c2nc1NCc1cccnc1. The van der Waals surface area contributed by atoms with E-state index in [-0.39, 0.29) is 0 Å². The van der Waals surface area contributed by atoms with Crippen LogP contribution in [0.3, 0.4) is 0 Å². The van der Waals surface area contributed by atoms with Crippen LogP contribution in [-0.2, 0) is 6.54 Å². The first-order valence-electron chi connectivity index (χ1n) is 9.42. The first-order chi connectivity index (χ1) is 14.6. The van der Waals surface area contributed by atoms with E-state index in [1.807, 2.05) is 53.9 Å². The summed E-state index contributed by atoms with van der Waals surface area (Å²) in [6, 6.07) is 11.7. The molecule has 4 aromatic heterocycles. The molecular weight excluding hydrogens is 398 g/mol. The number of fused-ring (bicyclic) bond motifs is 3. The Morgan fingerprint density at radius 1 is 1.10 bits per heavy atom. The van der Waals surface area contributed by atoms with Crippen LogP contribution in [0.25, 0.3) is 27.8 Å². The highest BCUT2D eigenvalue weighted by Gasteiger charge is 2.17. The van der Waals surface area contributed by atoms with Gasteiger partial charge in [0.1, 0.15) is 29.0 Å². The van der Waals surface area contributed by atoms with Crippen LogP contribution in [0.2, 0.25) is 5.02 Å². The van der Waals surface area contributed by atoms with Gasteiger partial charge in [-0.05, 0) is 36.2 Å². The molecule has 7 nitrogen and oxygen atoms in total. The molecule has 0 spiro atoms. The molecule has 4 heterocycles. The van der Waals surface area contributed by atoms with Crippen LogP contribution in [0.1, 0.15) is 11.1 Å². The third-order valence-corrected chi connectivity index (χ3v) is 5.34. The molecule has 0 aliphatic rings. The number of nitrogens with one attached hydrogen (secondary N) is 1. The number of halogens is 1. The van der Waals surface area contributed by atoms with Gasteiger partial charge in [0.05, 0.1) is 6.20 Å². The number of hydrogen-bond acceptors (Lipinski definition) is 6. The number of hydrogen-bond donors (Lipinski definition) is 2. The Labute approximate surface area is 177 Å². The maximum atomic E-state index is 6.59. The van der Waals surface area contributed by atoms with Crippen molar-refractivity contribution in [2.75, 3.05) is 11.1 Å². The van der Waals surface area contributed by atoms with Gasteiger partial charge >= 0.3 is 0 Å². The van der Waals surface area contributed by atoms with Gasteiger partial charge in [-0.2, -0.15) is 0 Å². The Hall–Kier alpha value is -3.71. The second kappa shape index (κ2) is 7.27. The lowest BCUT2D eigenvalue weighted by Crippen LogP contribution is -2.07. The Morgan fingerprint density at radius 3 is 2.80 bits per heavy atom. The summed E-state index contributed by atoms with van der Waals surface area (Å²) in [5.74, 6) is 1.10. The van der Waals surface area contributed by atoms with E-state index < -0.39 is 0 Å². The number of imidazole rings is 1. The van der Waals surface area contributed by atoms with Crippen molar-refractivity contribution in [1.29, 1.82) is 0 Å². The largest absolute Gasteiger partial charge is 0.382 e. The Bertz CT molecular complexity index is 1360. The van der Waals surface area contributed by atoms with Gasteiger partial charge in [0.25, 0.3) is 0 Å². The molecule has 0 bridgehead atoms. The number of rotatable bonds is 4. The maximum absolute atomic E-state index is 6.59. The van der Waals surface area contributed by atoms with Gasteiger partial charge in [0, 0.05) is 35.1 Å². The summed E-state index contributed by atoms with van der Waals surface area (Å²) < 4.78 is 1.84. The van der Waals surface area contributed by atoms with Gasteiger partial charge in [-0.3, -0.25) is 9.38 Å². The van der Waals surface area contributed by atoms with Crippen LogP contribution in [-0.4, -0.2) is 24.3 Å². The van der Waals surface area contributed by atoms with Gasteiger partial charge < -0.3 is 11.1 Å². The summed E-state index contributed by atoms with van der Waals surface area (Å²) in [6.45, 7) is 2.59. The highest BCUT2D eigenvalue weighted by molar-refractivity contribution is 6.33. The van der Waals surface area contributed by atoms with Crippen LogP contribution in [0.5, 0.6) is 0 Å². The molecule has 0 saturated heterocycles. The summed E-state index contributed by atoms with van der Waals surface area (Å²) in [5.41, 5.74) is 12.1. The molecule has 0 aliphatic heterocycles. The predicted molar refractivity (Wildman–Crippen MR) is 119 cm³/mol. The highest BCUT2D eigenvalue weighted by atomic mass is 35.5. The summed E-state index contributed by atoms with van der Waals surface area (Å²) >= 11 is 6.59. The van der Waals surface area contributed by atoms with Gasteiger partial charge in [0.2, 0.25) is 0 Å². The van der Waals surface area contributed by atoms with Gasteiger partial charge in [-0.15, -0.1) is 0 Å². The lowest BCUT2D eigenvalue weighted by molar-refractivity contribution is 1.08. The second-order valence-electron chi connectivity index (χ2n) is 7.02. The molecule has 0 fully saturated rings. The summed E-state index contributed by atoms with van der Waals surface area (Å²) in [4.78, 5) is 17.8. The molecule has 30 heavy (non-hydrogen) atoms. The van der Waals surface area contributed by atoms with E-state index in [2.05, 4.69) is 20.3 Å². The van der Waals surface area contributed by atoms with Crippen molar-refractivity contribution in [2.45, 2.75) is 13.5 Å². The van der Waals surface area contributed by atoms with E-state index in [9.17, 15) is 0 Å². The number of aryl methyl sites for hydroxylation is 1. The second-order valence-corrected chi connectivity index (χ2v) is 7.43. The van der Waals surface area contributed by atoms with Gasteiger partial charge in [-0.1, -0.05) is 29.8 Å². The molecule has 3 N–H and O–H groups in total. The predicted octanol–water partition coefficient (Wildman–Crippen LogP) is 4.50. The standard InChI is InChI=1S/C22H18ClN7/c1-13-4-2-6-16(23)19(13)15-8-17-22(30-12-26-11-18(30)20(24)28-17)29-21(15)27-10-14-5-3-7-25-9-14/h2-9,11-12H,10H2,1H3,(H2,24,28)(H,27,29). The molecule has 5 aromatic rings. The zero-order valence-corrected chi connectivity index (χ0v) is 16.9. The van der Waals surface area contributed by atoms with Crippen LogP contribution in [0.15, 0.2) is 61.3 Å². The minimum atomic E-state index is 0.402. The molecule has 0 saturated carbocycles. The van der Waals surface area contributed by atoms with E-state index in [4.69, 9.17) is 22.3 Å². The third kappa shape index (κ3) is 3.09. The van der Waals surface area contributed by atoms with Gasteiger partial charge in [0.15, 0.2) is 5.65 Å². The van der Waals surface area contributed by atoms with Crippen molar-refractivity contribution in [3.8, 4) is 11.1 Å². The average molecular weight is 416 g/mol. The fourth-order valence-electron chi connectivity index (χ4n) is 3.58. The van der Waals surface area contributed by atoms with Crippen molar-refractivity contribution < 1.29 is 0 Å². The molecule has 0 radical (unpaired) electrons. The van der Waals surface area contributed by atoms with Crippen molar-refractivity contribution in [2.24, 2.45) is 0 Å². The molecule has 0 aliphatic carbocycles. The zero-order valence-electron chi connectivity index (χ0n) is 16.2. The molecule has 5 rings (SSSR count). The van der Waals surface area contributed by atoms with E-state index >= 15 is 0 Å². The Kier molecular flexibility index (Phi) is 4.44. The smallest absolute Gasteiger partial charge is 0.167 e. The number of anilines is 2. The molecule has 148 valence electrons.